The molecule has 0 radical (unpaired) electrons. The molecule has 3 nitrogen and oxygen atoms in total. The summed E-state index contributed by atoms with van der Waals surface area (Å²) in [6.45, 7) is 0.306. The summed E-state index contributed by atoms with van der Waals surface area (Å²) in [5.74, 6) is 0.432. The molecular formula is C20H20Cl2FN3. The maximum absolute atomic E-state index is 13.8. The molecule has 4 rings (SSSR count). The minimum absolute atomic E-state index is 0.0292. The molecule has 1 spiro atoms. The first-order valence-electron chi connectivity index (χ1n) is 8.90. The van der Waals surface area contributed by atoms with E-state index in [4.69, 9.17) is 28.2 Å². The lowest BCUT2D eigenvalue weighted by atomic mass is 9.79. The normalized spacial score (nSPS) is 19.7. The standard InChI is InChI=1S/C20H20Cl2FN3/c21-14-11-15(22)16(23)10-13(14)12-24-19-20(8-4-1-5-9-20)26-18-7-3-2-6-17(18)25-19/h2-3,6-7,10-11,26H,1,4-5,8-9,12H2,(H,24,25). The third-order valence-corrected chi connectivity index (χ3v) is 5.85. The van der Waals surface area contributed by atoms with Crippen LogP contribution in [0.4, 0.5) is 15.8 Å². The molecule has 0 amide bonds. The fourth-order valence-corrected chi connectivity index (χ4v) is 4.27. The second kappa shape index (κ2) is 7.09. The molecule has 2 aromatic rings. The number of aliphatic imine (C=N–C) groups is 1. The SMILES string of the molecule is Fc1cc(CN=C2Nc3ccccc3NC23CCCCC3)c(Cl)cc1Cl. The van der Waals surface area contributed by atoms with Gasteiger partial charge in [-0.05, 0) is 42.7 Å². The summed E-state index contributed by atoms with van der Waals surface area (Å²) < 4.78 is 13.8. The van der Waals surface area contributed by atoms with Crippen LogP contribution in [-0.4, -0.2) is 11.4 Å². The number of nitrogens with zero attached hydrogens (tertiary/aromatic N) is 1. The van der Waals surface area contributed by atoms with Crippen LogP contribution < -0.4 is 10.6 Å². The van der Waals surface area contributed by atoms with Crippen LogP contribution in [0.2, 0.25) is 10.0 Å². The first-order valence-corrected chi connectivity index (χ1v) is 9.66. The lowest BCUT2D eigenvalue weighted by Crippen LogP contribution is -2.53. The third-order valence-electron chi connectivity index (χ3n) is 5.21. The number of para-hydroxylation sites is 2. The van der Waals surface area contributed by atoms with Crippen molar-refractivity contribution < 1.29 is 4.39 Å². The average Bonchev–Trinajstić information content (AvgIpc) is 2.64. The summed E-state index contributed by atoms with van der Waals surface area (Å²) in [5.41, 5.74) is 2.55. The van der Waals surface area contributed by atoms with E-state index in [9.17, 15) is 4.39 Å². The molecule has 2 aliphatic rings. The van der Waals surface area contributed by atoms with Gasteiger partial charge in [-0.25, -0.2) is 4.39 Å². The van der Waals surface area contributed by atoms with Crippen molar-refractivity contribution in [3.05, 3.63) is 57.8 Å². The molecule has 1 aliphatic carbocycles. The van der Waals surface area contributed by atoms with Crippen molar-refractivity contribution in [1.29, 1.82) is 0 Å². The molecule has 2 aromatic carbocycles. The zero-order valence-electron chi connectivity index (χ0n) is 14.3. The van der Waals surface area contributed by atoms with Crippen molar-refractivity contribution >= 4 is 40.4 Å². The Morgan fingerprint density at radius 2 is 1.73 bits per heavy atom. The van der Waals surface area contributed by atoms with Gasteiger partial charge >= 0.3 is 0 Å². The topological polar surface area (TPSA) is 36.4 Å². The molecule has 2 N–H and O–H groups in total. The molecule has 0 aromatic heterocycles. The zero-order valence-corrected chi connectivity index (χ0v) is 15.8. The predicted octanol–water partition coefficient (Wildman–Crippen LogP) is 6.27. The van der Waals surface area contributed by atoms with Gasteiger partial charge in [0.15, 0.2) is 0 Å². The van der Waals surface area contributed by atoms with Gasteiger partial charge < -0.3 is 10.6 Å². The Morgan fingerprint density at radius 1 is 1.00 bits per heavy atom. The Labute approximate surface area is 162 Å². The molecule has 136 valence electrons. The largest absolute Gasteiger partial charge is 0.371 e. The Bertz CT molecular complexity index is 860. The first-order chi connectivity index (χ1) is 12.6. The molecule has 0 bridgehead atoms. The molecule has 0 unspecified atom stereocenters. The highest BCUT2D eigenvalue weighted by Gasteiger charge is 2.40. The van der Waals surface area contributed by atoms with Crippen LogP contribution in [0.15, 0.2) is 41.4 Å². The monoisotopic (exact) mass is 391 g/mol. The van der Waals surface area contributed by atoms with Gasteiger partial charge in [-0.2, -0.15) is 0 Å². The van der Waals surface area contributed by atoms with Crippen molar-refractivity contribution in [3.8, 4) is 0 Å². The summed E-state index contributed by atoms with van der Waals surface area (Å²) in [7, 11) is 0. The van der Waals surface area contributed by atoms with Crippen molar-refractivity contribution in [1.82, 2.24) is 0 Å². The highest BCUT2D eigenvalue weighted by molar-refractivity contribution is 6.35. The van der Waals surface area contributed by atoms with Crippen LogP contribution in [0.25, 0.3) is 0 Å². The molecular weight excluding hydrogens is 372 g/mol. The summed E-state index contributed by atoms with van der Waals surface area (Å²) in [6.07, 6.45) is 5.61. The Balaban J connectivity index is 1.68. The van der Waals surface area contributed by atoms with Gasteiger partial charge in [0.05, 0.1) is 28.5 Å². The lowest BCUT2D eigenvalue weighted by Gasteiger charge is -2.44. The van der Waals surface area contributed by atoms with E-state index in [-0.39, 0.29) is 10.6 Å². The smallest absolute Gasteiger partial charge is 0.142 e. The summed E-state index contributed by atoms with van der Waals surface area (Å²) in [4.78, 5) is 4.81. The second-order valence-electron chi connectivity index (χ2n) is 6.96. The number of hydrogen-bond acceptors (Lipinski definition) is 2. The maximum Gasteiger partial charge on any atom is 0.142 e. The predicted molar refractivity (Wildman–Crippen MR) is 107 cm³/mol. The van der Waals surface area contributed by atoms with Crippen LogP contribution in [-0.2, 0) is 6.54 Å². The molecule has 0 atom stereocenters. The van der Waals surface area contributed by atoms with E-state index >= 15 is 0 Å². The molecule has 0 saturated heterocycles. The van der Waals surface area contributed by atoms with E-state index in [0.717, 1.165) is 42.9 Å². The molecule has 1 fully saturated rings. The molecule has 1 saturated carbocycles. The van der Waals surface area contributed by atoms with Gasteiger partial charge in [0.25, 0.3) is 0 Å². The molecule has 26 heavy (non-hydrogen) atoms. The fourth-order valence-electron chi connectivity index (χ4n) is 3.82. The number of amidine groups is 1. The van der Waals surface area contributed by atoms with Gasteiger partial charge in [0.2, 0.25) is 0 Å². The Kier molecular flexibility index (Phi) is 4.80. The Morgan fingerprint density at radius 3 is 2.50 bits per heavy atom. The quantitative estimate of drug-likeness (QED) is 0.591. The number of hydrogen-bond donors (Lipinski definition) is 2. The van der Waals surface area contributed by atoms with E-state index in [1.54, 1.807) is 0 Å². The number of anilines is 2. The number of halogens is 3. The number of nitrogens with one attached hydrogen (secondary N) is 2. The minimum atomic E-state index is -0.473. The highest BCUT2D eigenvalue weighted by atomic mass is 35.5. The third kappa shape index (κ3) is 3.28. The van der Waals surface area contributed by atoms with Crippen LogP contribution in [0.3, 0.4) is 0 Å². The number of fused-ring (bicyclic) bond motifs is 1. The maximum atomic E-state index is 13.8. The second-order valence-corrected chi connectivity index (χ2v) is 7.78. The minimum Gasteiger partial charge on any atom is -0.371 e. The van der Waals surface area contributed by atoms with Crippen LogP contribution in [0.5, 0.6) is 0 Å². The van der Waals surface area contributed by atoms with E-state index < -0.39 is 5.82 Å². The zero-order chi connectivity index (χ0) is 18.1. The summed E-state index contributed by atoms with van der Waals surface area (Å²) >= 11 is 12.0. The van der Waals surface area contributed by atoms with Gasteiger partial charge in [0, 0.05) is 5.02 Å². The summed E-state index contributed by atoms with van der Waals surface area (Å²) in [5, 5.41) is 7.67. The number of rotatable bonds is 2. The average molecular weight is 392 g/mol. The van der Waals surface area contributed by atoms with Crippen LogP contribution in [0.1, 0.15) is 37.7 Å². The number of benzene rings is 2. The van der Waals surface area contributed by atoms with Crippen molar-refractivity contribution in [2.24, 2.45) is 4.99 Å². The van der Waals surface area contributed by atoms with E-state index in [2.05, 4.69) is 16.7 Å². The van der Waals surface area contributed by atoms with E-state index in [1.807, 2.05) is 18.2 Å². The van der Waals surface area contributed by atoms with Crippen molar-refractivity contribution in [2.75, 3.05) is 10.6 Å². The van der Waals surface area contributed by atoms with E-state index in [0.29, 0.717) is 17.1 Å². The molecule has 6 heteroatoms. The van der Waals surface area contributed by atoms with Crippen LogP contribution >= 0.6 is 23.2 Å². The lowest BCUT2D eigenvalue weighted by molar-refractivity contribution is 0.403. The highest BCUT2D eigenvalue weighted by Crippen LogP contribution is 2.39. The van der Waals surface area contributed by atoms with Crippen molar-refractivity contribution in [2.45, 2.75) is 44.2 Å². The molecule has 1 heterocycles. The van der Waals surface area contributed by atoms with E-state index in [1.165, 1.54) is 18.6 Å². The van der Waals surface area contributed by atoms with Gasteiger partial charge in [0.1, 0.15) is 11.7 Å². The van der Waals surface area contributed by atoms with Crippen LogP contribution in [0, 0.1) is 5.82 Å². The summed E-state index contributed by atoms with van der Waals surface area (Å²) in [6, 6.07) is 10.9. The van der Waals surface area contributed by atoms with Gasteiger partial charge in [-0.1, -0.05) is 54.6 Å². The van der Waals surface area contributed by atoms with Crippen molar-refractivity contribution in [3.63, 3.8) is 0 Å². The molecule has 1 aliphatic heterocycles. The first kappa shape index (κ1) is 17.6. The van der Waals surface area contributed by atoms with Gasteiger partial charge in [-0.3, -0.25) is 4.99 Å². The van der Waals surface area contributed by atoms with Gasteiger partial charge in [-0.15, -0.1) is 0 Å². The fraction of sp³-hybridized carbons (Fsp3) is 0.350. The Hall–Kier alpha value is -1.78.